The highest BCUT2D eigenvalue weighted by Gasteiger charge is 2.29. The van der Waals surface area contributed by atoms with Crippen LogP contribution >= 0.6 is 23.2 Å². The van der Waals surface area contributed by atoms with Crippen molar-refractivity contribution in [2.24, 2.45) is 0 Å². The predicted octanol–water partition coefficient (Wildman–Crippen LogP) is 5.13. The number of nitrogens with one attached hydrogen (secondary N) is 1. The zero-order chi connectivity index (χ0) is 32.1. The molecule has 0 fully saturated rings. The van der Waals surface area contributed by atoms with Crippen molar-refractivity contribution in [3.05, 3.63) is 111 Å². The number of aliphatic carboxylic acids is 1. The lowest BCUT2D eigenvalue weighted by atomic mass is 9.96. The highest BCUT2D eigenvalue weighted by atomic mass is 35.5. The number of hydrogen-bond acceptors (Lipinski definition) is 6. The summed E-state index contributed by atoms with van der Waals surface area (Å²) in [5, 5.41) is 22.1. The highest BCUT2D eigenvalue weighted by molar-refractivity contribution is 7.90. The van der Waals surface area contributed by atoms with Crippen molar-refractivity contribution in [1.82, 2.24) is 10.2 Å². The fraction of sp³-hybridized carbons (Fsp3) is 0.233. The molecule has 0 aliphatic carbocycles. The number of carboxylic acids is 1. The van der Waals surface area contributed by atoms with E-state index < -0.39 is 33.6 Å². The van der Waals surface area contributed by atoms with Crippen LogP contribution in [0.5, 0.6) is 0 Å². The molecule has 2 aromatic rings. The normalized spacial score (nSPS) is 14.8. The topological polar surface area (TPSA) is 141 Å². The number of sulfone groups is 1. The van der Waals surface area contributed by atoms with Crippen LogP contribution < -0.4 is 5.32 Å². The van der Waals surface area contributed by atoms with Crippen molar-refractivity contribution in [2.45, 2.75) is 37.2 Å². The Bertz CT molecular complexity index is 1680. The standard InChI is InChI=1S/C30H29Cl2FN2O7S/c1-17(25(36)9-8-18(2)33)7-10-26(37)35-12-11-22-20(16-35)15-23(31)27(28(22)32)29(38)34-24(30(39)40)14-19-5-4-6-21(13-19)43(3,41)42/h4-10,13,15,24,36H,2,11-12,14,16H2,1,3H3,(H,34,38)(H,39,40)/b9-8-,10-7+,25-17-/t24-/m0/s1. The van der Waals surface area contributed by atoms with Crippen LogP contribution in [0.2, 0.25) is 10.0 Å². The maximum atomic E-state index is 13.2. The highest BCUT2D eigenvalue weighted by Crippen LogP contribution is 2.35. The molecule has 3 rings (SSSR count). The summed E-state index contributed by atoms with van der Waals surface area (Å²) >= 11 is 13.0. The van der Waals surface area contributed by atoms with Gasteiger partial charge in [0.25, 0.3) is 5.91 Å². The zero-order valence-electron chi connectivity index (χ0n) is 23.2. The molecule has 0 bridgehead atoms. The SMILES string of the molecule is C=C(F)\C=C/C(O)=C(C)/C=C/C(=O)N1CCc2c(cc(Cl)c(C(=O)N[C@@H](Cc3cccc(S(C)(=O)=O)c3)C(=O)O)c2Cl)C1. The van der Waals surface area contributed by atoms with Gasteiger partial charge in [0.1, 0.15) is 17.6 Å². The number of fused-ring (bicyclic) bond motifs is 1. The summed E-state index contributed by atoms with van der Waals surface area (Å²) in [4.78, 5) is 39.5. The summed E-state index contributed by atoms with van der Waals surface area (Å²) in [5.41, 5.74) is 1.79. The van der Waals surface area contributed by atoms with Crippen LogP contribution in [0, 0.1) is 0 Å². The third kappa shape index (κ3) is 8.79. The van der Waals surface area contributed by atoms with Gasteiger partial charge in [-0.3, -0.25) is 9.59 Å². The number of allylic oxidation sites excluding steroid dienone is 5. The molecule has 228 valence electrons. The molecule has 1 atom stereocenters. The average molecular weight is 652 g/mol. The minimum Gasteiger partial charge on any atom is -0.508 e. The van der Waals surface area contributed by atoms with E-state index in [1.165, 1.54) is 41.3 Å². The molecular weight excluding hydrogens is 622 g/mol. The Kier molecular flexibility index (Phi) is 11.0. The van der Waals surface area contributed by atoms with Crippen LogP contribution in [0.1, 0.15) is 34.0 Å². The van der Waals surface area contributed by atoms with Gasteiger partial charge in [0.2, 0.25) is 5.91 Å². The van der Waals surface area contributed by atoms with Crippen LogP contribution in [0.4, 0.5) is 4.39 Å². The molecule has 0 aromatic heterocycles. The summed E-state index contributed by atoms with van der Waals surface area (Å²) in [6, 6.07) is 5.87. The number of carbonyl (C=O) groups excluding carboxylic acids is 2. The molecule has 2 amide bonds. The van der Waals surface area contributed by atoms with Gasteiger partial charge >= 0.3 is 5.97 Å². The van der Waals surface area contributed by atoms with E-state index in [0.717, 1.165) is 18.4 Å². The maximum Gasteiger partial charge on any atom is 0.326 e. The fourth-order valence-corrected chi connectivity index (χ4v) is 5.76. The monoisotopic (exact) mass is 650 g/mol. The number of aliphatic hydroxyl groups excluding tert-OH is 1. The minimum absolute atomic E-state index is 0.0198. The van der Waals surface area contributed by atoms with E-state index in [0.29, 0.717) is 22.3 Å². The van der Waals surface area contributed by atoms with E-state index in [2.05, 4.69) is 11.9 Å². The van der Waals surface area contributed by atoms with Gasteiger partial charge in [-0.2, -0.15) is 0 Å². The van der Waals surface area contributed by atoms with E-state index in [-0.39, 0.29) is 58.1 Å². The molecule has 1 aliphatic heterocycles. The first-order valence-electron chi connectivity index (χ1n) is 12.8. The molecule has 0 saturated carbocycles. The Balaban J connectivity index is 1.78. The first kappa shape index (κ1) is 33.6. The smallest absolute Gasteiger partial charge is 0.326 e. The van der Waals surface area contributed by atoms with Crippen LogP contribution in [-0.4, -0.2) is 60.2 Å². The van der Waals surface area contributed by atoms with Gasteiger partial charge in [-0.15, -0.1) is 0 Å². The number of carboxylic acid groups (broad SMARTS) is 1. The van der Waals surface area contributed by atoms with Crippen molar-refractivity contribution in [3.8, 4) is 0 Å². The third-order valence-corrected chi connectivity index (χ3v) is 8.44. The van der Waals surface area contributed by atoms with E-state index in [9.17, 15) is 37.4 Å². The van der Waals surface area contributed by atoms with Gasteiger partial charge in [0.05, 0.1) is 20.5 Å². The van der Waals surface area contributed by atoms with Crippen LogP contribution in [0.3, 0.4) is 0 Å². The molecular formula is C30H29Cl2FN2O7S. The number of carbonyl (C=O) groups is 3. The lowest BCUT2D eigenvalue weighted by Gasteiger charge is -2.29. The lowest BCUT2D eigenvalue weighted by Crippen LogP contribution is -2.42. The molecule has 3 N–H and O–H groups in total. The largest absolute Gasteiger partial charge is 0.508 e. The third-order valence-electron chi connectivity index (χ3n) is 6.62. The molecule has 2 aromatic carbocycles. The quantitative estimate of drug-likeness (QED) is 0.184. The van der Waals surface area contributed by atoms with Gasteiger partial charge in [0, 0.05) is 31.8 Å². The number of aliphatic hydroxyl groups is 1. The van der Waals surface area contributed by atoms with Crippen LogP contribution in [0.15, 0.2) is 83.3 Å². The van der Waals surface area contributed by atoms with Gasteiger partial charge in [0.15, 0.2) is 9.84 Å². The Hall–Kier alpha value is -3.93. The molecule has 43 heavy (non-hydrogen) atoms. The van der Waals surface area contributed by atoms with Crippen molar-refractivity contribution in [2.75, 3.05) is 12.8 Å². The van der Waals surface area contributed by atoms with Gasteiger partial charge < -0.3 is 20.4 Å². The second-order valence-electron chi connectivity index (χ2n) is 9.86. The second-order valence-corrected chi connectivity index (χ2v) is 12.7. The molecule has 0 spiro atoms. The molecule has 13 heteroatoms. The molecule has 0 unspecified atom stereocenters. The predicted molar refractivity (Wildman–Crippen MR) is 162 cm³/mol. The van der Waals surface area contributed by atoms with Crippen LogP contribution in [-0.2, 0) is 38.8 Å². The van der Waals surface area contributed by atoms with E-state index >= 15 is 0 Å². The second kappa shape index (κ2) is 14.0. The summed E-state index contributed by atoms with van der Waals surface area (Å²) in [6.45, 7) is 4.99. The van der Waals surface area contributed by atoms with Crippen molar-refractivity contribution in [1.29, 1.82) is 0 Å². The van der Waals surface area contributed by atoms with Crippen molar-refractivity contribution in [3.63, 3.8) is 0 Å². The van der Waals surface area contributed by atoms with E-state index in [1.54, 1.807) is 13.0 Å². The summed E-state index contributed by atoms with van der Waals surface area (Å²) in [6.07, 6.45) is 5.89. The number of nitrogens with zero attached hydrogens (tertiary/aromatic N) is 1. The maximum absolute atomic E-state index is 13.2. The Morgan fingerprint density at radius 1 is 1.14 bits per heavy atom. The number of rotatable bonds is 10. The van der Waals surface area contributed by atoms with Crippen LogP contribution in [0.25, 0.3) is 0 Å². The molecule has 1 heterocycles. The van der Waals surface area contributed by atoms with E-state index in [4.69, 9.17) is 23.2 Å². The Morgan fingerprint density at radius 2 is 1.84 bits per heavy atom. The van der Waals surface area contributed by atoms with Gasteiger partial charge in [-0.1, -0.05) is 48.0 Å². The Morgan fingerprint density at radius 3 is 2.47 bits per heavy atom. The minimum atomic E-state index is -3.52. The zero-order valence-corrected chi connectivity index (χ0v) is 25.6. The van der Waals surface area contributed by atoms with E-state index in [1.807, 2.05) is 0 Å². The first-order chi connectivity index (χ1) is 20.1. The molecule has 0 radical (unpaired) electrons. The van der Waals surface area contributed by atoms with Crippen molar-refractivity contribution < 1.29 is 37.4 Å². The number of amides is 2. The first-order valence-corrected chi connectivity index (χ1v) is 15.4. The molecule has 1 aliphatic rings. The summed E-state index contributed by atoms with van der Waals surface area (Å²) < 4.78 is 36.5. The molecule has 0 saturated heterocycles. The number of hydrogen-bond donors (Lipinski definition) is 3. The summed E-state index contributed by atoms with van der Waals surface area (Å²) in [5.74, 6) is -3.49. The van der Waals surface area contributed by atoms with Crippen molar-refractivity contribution >= 4 is 50.8 Å². The summed E-state index contributed by atoms with van der Waals surface area (Å²) in [7, 11) is -3.52. The average Bonchev–Trinajstić information content (AvgIpc) is 2.93. The number of benzene rings is 2. The lowest BCUT2D eigenvalue weighted by molar-refractivity contribution is -0.139. The molecule has 9 nitrogen and oxygen atoms in total. The Labute approximate surface area is 258 Å². The van der Waals surface area contributed by atoms with Gasteiger partial charge in [-0.05, 0) is 66.0 Å². The fourth-order valence-electron chi connectivity index (χ4n) is 4.31. The van der Waals surface area contributed by atoms with Gasteiger partial charge in [-0.25, -0.2) is 17.6 Å². The number of halogens is 3.